The topological polar surface area (TPSA) is 34.1 Å². The molecule has 0 N–H and O–H groups in total. The summed E-state index contributed by atoms with van der Waals surface area (Å²) in [6.07, 6.45) is 0. The van der Waals surface area contributed by atoms with Crippen molar-refractivity contribution >= 4 is 19.7 Å². The summed E-state index contributed by atoms with van der Waals surface area (Å²) in [6.45, 7) is 0. The predicted molar refractivity (Wildman–Crippen MR) is 90.4 cm³/mol. The van der Waals surface area contributed by atoms with Gasteiger partial charge >= 0.3 is 0 Å². The number of hydrogen-bond donors (Lipinski definition) is 0. The molecule has 0 heterocycles. The van der Waals surface area contributed by atoms with Gasteiger partial charge in [0.15, 0.2) is 0 Å². The minimum absolute atomic E-state index is 0.107. The van der Waals surface area contributed by atoms with Gasteiger partial charge in [-0.1, -0.05) is 66.7 Å². The fourth-order valence-corrected chi connectivity index (χ4v) is 3.17. The molecule has 22 heavy (non-hydrogen) atoms. The average molecular weight is 329 g/mol. The maximum atomic E-state index is 11.3. The summed E-state index contributed by atoms with van der Waals surface area (Å²) >= 11 is 0. The lowest BCUT2D eigenvalue weighted by atomic mass is 9.95. The highest BCUT2D eigenvalue weighted by Crippen LogP contribution is 2.32. The monoisotopic (exact) mass is 328 g/mol. The molecule has 0 saturated heterocycles. The molecule has 2 nitrogen and oxygen atoms in total. The van der Waals surface area contributed by atoms with Gasteiger partial charge in [0.05, 0.1) is 4.90 Å². The SMILES string of the molecule is O=S(=O)(Cl)c1ccc(-c2ccccc2-c2ccccc2)cc1. The van der Waals surface area contributed by atoms with E-state index in [1.807, 2.05) is 36.4 Å². The molecule has 3 aromatic carbocycles. The van der Waals surface area contributed by atoms with Gasteiger partial charge in [-0.15, -0.1) is 0 Å². The van der Waals surface area contributed by atoms with Crippen LogP contribution in [0.4, 0.5) is 0 Å². The van der Waals surface area contributed by atoms with Crippen LogP contribution < -0.4 is 0 Å². The Labute approximate surface area is 134 Å². The van der Waals surface area contributed by atoms with Gasteiger partial charge in [0.2, 0.25) is 0 Å². The van der Waals surface area contributed by atoms with Crippen LogP contribution in [0.2, 0.25) is 0 Å². The van der Waals surface area contributed by atoms with E-state index in [1.54, 1.807) is 12.1 Å². The number of hydrogen-bond acceptors (Lipinski definition) is 2. The molecule has 0 fully saturated rings. The highest BCUT2D eigenvalue weighted by Gasteiger charge is 2.11. The zero-order chi connectivity index (χ0) is 15.6. The van der Waals surface area contributed by atoms with Gasteiger partial charge in [0.25, 0.3) is 9.05 Å². The zero-order valence-electron chi connectivity index (χ0n) is 11.6. The van der Waals surface area contributed by atoms with Crippen LogP contribution in [0, 0.1) is 0 Å². The third-order valence-electron chi connectivity index (χ3n) is 3.46. The molecule has 0 unspecified atom stereocenters. The van der Waals surface area contributed by atoms with E-state index in [2.05, 4.69) is 18.2 Å². The molecule has 0 radical (unpaired) electrons. The van der Waals surface area contributed by atoms with Gasteiger partial charge < -0.3 is 0 Å². The molecule has 0 aliphatic rings. The second-order valence-electron chi connectivity index (χ2n) is 4.87. The summed E-state index contributed by atoms with van der Waals surface area (Å²) in [7, 11) is 1.66. The molecule has 0 bridgehead atoms. The lowest BCUT2D eigenvalue weighted by Crippen LogP contribution is -1.90. The highest BCUT2D eigenvalue weighted by atomic mass is 35.7. The predicted octanol–water partition coefficient (Wildman–Crippen LogP) is 4.95. The molecule has 0 saturated carbocycles. The Bertz CT molecular complexity index is 886. The number of halogens is 1. The van der Waals surface area contributed by atoms with Gasteiger partial charge in [-0.25, -0.2) is 8.42 Å². The summed E-state index contributed by atoms with van der Waals surface area (Å²) in [5.41, 5.74) is 4.22. The van der Waals surface area contributed by atoms with E-state index in [4.69, 9.17) is 10.7 Å². The van der Waals surface area contributed by atoms with Crippen molar-refractivity contribution in [2.75, 3.05) is 0 Å². The van der Waals surface area contributed by atoms with Crippen LogP contribution in [0.1, 0.15) is 0 Å². The van der Waals surface area contributed by atoms with Crippen molar-refractivity contribution in [3.05, 3.63) is 78.9 Å². The van der Waals surface area contributed by atoms with E-state index < -0.39 is 9.05 Å². The van der Waals surface area contributed by atoms with E-state index >= 15 is 0 Å². The third kappa shape index (κ3) is 3.06. The first-order valence-electron chi connectivity index (χ1n) is 6.75. The van der Waals surface area contributed by atoms with Crippen LogP contribution in [0.3, 0.4) is 0 Å². The summed E-state index contributed by atoms with van der Waals surface area (Å²) < 4.78 is 22.7. The Morgan fingerprint density at radius 3 is 1.55 bits per heavy atom. The molecule has 0 aliphatic heterocycles. The molecule has 110 valence electrons. The average Bonchev–Trinajstić information content (AvgIpc) is 2.55. The first-order valence-corrected chi connectivity index (χ1v) is 9.06. The van der Waals surface area contributed by atoms with Crippen LogP contribution in [0.15, 0.2) is 83.8 Å². The van der Waals surface area contributed by atoms with E-state index in [-0.39, 0.29) is 4.90 Å². The Morgan fingerprint density at radius 2 is 1.05 bits per heavy atom. The maximum absolute atomic E-state index is 11.3. The Hall–Kier alpha value is -2.10. The normalized spacial score (nSPS) is 11.3. The van der Waals surface area contributed by atoms with Crippen molar-refractivity contribution < 1.29 is 8.42 Å². The Balaban J connectivity index is 2.10. The zero-order valence-corrected chi connectivity index (χ0v) is 13.2. The van der Waals surface area contributed by atoms with Crippen LogP contribution >= 0.6 is 10.7 Å². The quantitative estimate of drug-likeness (QED) is 0.638. The van der Waals surface area contributed by atoms with Crippen molar-refractivity contribution in [2.24, 2.45) is 0 Å². The second kappa shape index (κ2) is 5.95. The van der Waals surface area contributed by atoms with E-state index in [1.165, 1.54) is 12.1 Å². The minimum Gasteiger partial charge on any atom is -0.207 e. The fourth-order valence-electron chi connectivity index (χ4n) is 2.40. The van der Waals surface area contributed by atoms with E-state index in [9.17, 15) is 8.42 Å². The van der Waals surface area contributed by atoms with Gasteiger partial charge in [-0.3, -0.25) is 0 Å². The van der Waals surface area contributed by atoms with E-state index in [0.717, 1.165) is 22.3 Å². The van der Waals surface area contributed by atoms with Crippen molar-refractivity contribution in [1.82, 2.24) is 0 Å². The first kappa shape index (κ1) is 14.8. The maximum Gasteiger partial charge on any atom is 0.261 e. The van der Waals surface area contributed by atoms with Crippen molar-refractivity contribution in [3.8, 4) is 22.3 Å². The lowest BCUT2D eigenvalue weighted by Gasteiger charge is -2.10. The van der Waals surface area contributed by atoms with Crippen LogP contribution in [0.25, 0.3) is 22.3 Å². The molecule has 0 atom stereocenters. The molecular weight excluding hydrogens is 316 g/mol. The molecule has 0 aromatic heterocycles. The highest BCUT2D eigenvalue weighted by molar-refractivity contribution is 8.13. The van der Waals surface area contributed by atoms with Gasteiger partial charge in [0, 0.05) is 10.7 Å². The Kier molecular flexibility index (Phi) is 4.01. The largest absolute Gasteiger partial charge is 0.261 e. The lowest BCUT2D eigenvalue weighted by molar-refractivity contribution is 0.609. The summed E-state index contributed by atoms with van der Waals surface area (Å²) in [6, 6.07) is 24.7. The van der Waals surface area contributed by atoms with Crippen molar-refractivity contribution in [3.63, 3.8) is 0 Å². The standard InChI is InChI=1S/C18H13ClO2S/c19-22(20,21)16-12-10-15(11-13-16)18-9-5-4-8-17(18)14-6-2-1-3-7-14/h1-13H. The molecule has 3 aromatic rings. The Morgan fingerprint density at radius 1 is 0.591 bits per heavy atom. The molecule has 0 aliphatic carbocycles. The van der Waals surface area contributed by atoms with Gasteiger partial charge in [0.1, 0.15) is 0 Å². The van der Waals surface area contributed by atoms with Crippen LogP contribution in [0.5, 0.6) is 0 Å². The summed E-state index contributed by atoms with van der Waals surface area (Å²) in [5.74, 6) is 0. The number of rotatable bonds is 3. The molecule has 0 amide bonds. The number of benzene rings is 3. The fraction of sp³-hybridized carbons (Fsp3) is 0. The first-order chi connectivity index (χ1) is 10.6. The second-order valence-corrected chi connectivity index (χ2v) is 7.44. The van der Waals surface area contributed by atoms with E-state index in [0.29, 0.717) is 0 Å². The minimum atomic E-state index is -3.69. The smallest absolute Gasteiger partial charge is 0.207 e. The summed E-state index contributed by atoms with van der Waals surface area (Å²) in [4.78, 5) is 0.107. The van der Waals surface area contributed by atoms with Crippen molar-refractivity contribution in [2.45, 2.75) is 4.90 Å². The molecule has 0 spiro atoms. The molecule has 4 heteroatoms. The third-order valence-corrected chi connectivity index (χ3v) is 4.83. The van der Waals surface area contributed by atoms with Gasteiger partial charge in [-0.05, 0) is 34.4 Å². The van der Waals surface area contributed by atoms with Gasteiger partial charge in [-0.2, -0.15) is 0 Å². The van der Waals surface area contributed by atoms with Crippen molar-refractivity contribution in [1.29, 1.82) is 0 Å². The van der Waals surface area contributed by atoms with Crippen LogP contribution in [-0.2, 0) is 9.05 Å². The summed E-state index contributed by atoms with van der Waals surface area (Å²) in [5, 5.41) is 0. The molecule has 3 rings (SSSR count). The molecular formula is C18H13ClO2S. The van der Waals surface area contributed by atoms with Crippen LogP contribution in [-0.4, -0.2) is 8.42 Å².